The van der Waals surface area contributed by atoms with E-state index in [0.29, 0.717) is 14.6 Å². The number of phosphoric acid groups is 3. The van der Waals surface area contributed by atoms with Crippen molar-refractivity contribution in [2.75, 3.05) is 12.3 Å². The molecule has 0 aliphatic carbocycles. The van der Waals surface area contributed by atoms with Crippen LogP contribution in [0.5, 0.6) is 0 Å². The van der Waals surface area contributed by atoms with E-state index in [1.54, 1.807) is 10.8 Å². The molecule has 24 heteroatoms. The third kappa shape index (κ3) is 10.4. The first-order valence-corrected chi connectivity index (χ1v) is 14.1. The van der Waals surface area contributed by atoms with Crippen LogP contribution in [-0.4, -0.2) is 60.7 Å². The topological polar surface area (TPSA) is 275 Å². The van der Waals surface area contributed by atoms with Crippen LogP contribution in [0.15, 0.2) is 12.5 Å². The predicted molar refractivity (Wildman–Crippen MR) is 108 cm³/mol. The van der Waals surface area contributed by atoms with E-state index in [2.05, 4.69) is 23.1 Å². The van der Waals surface area contributed by atoms with Crippen LogP contribution in [0.2, 0.25) is 0 Å². The smallest absolute Gasteiger partial charge is 0.756 e. The number of aromatic nitrogens is 3. The molecule has 2 aromatic rings. The van der Waals surface area contributed by atoms with E-state index in [0.717, 1.165) is 0 Å². The summed E-state index contributed by atoms with van der Waals surface area (Å²) in [7, 11) is -17.7. The van der Waals surface area contributed by atoms with Gasteiger partial charge in [0.15, 0.2) is 0 Å². The number of anilines is 1. The molecule has 36 heavy (non-hydrogen) atoms. The quantitative estimate of drug-likeness (QED) is 0.107. The van der Waals surface area contributed by atoms with Crippen LogP contribution in [0.3, 0.4) is 0 Å². The largest absolute Gasteiger partial charge is 1.00 e. The van der Waals surface area contributed by atoms with Gasteiger partial charge in [-0.15, -0.1) is 0 Å². The molecule has 0 aromatic carbocycles. The van der Waals surface area contributed by atoms with E-state index in [1.807, 2.05) is 22.6 Å². The van der Waals surface area contributed by atoms with Gasteiger partial charge in [-0.3, -0.25) is 13.7 Å². The number of halogens is 1. The van der Waals surface area contributed by atoms with E-state index >= 15 is 0 Å². The van der Waals surface area contributed by atoms with Gasteiger partial charge in [0, 0.05) is 9.77 Å². The van der Waals surface area contributed by atoms with Crippen LogP contribution in [0.25, 0.3) is 11.0 Å². The predicted octanol–water partition coefficient (Wildman–Crippen LogP) is -11.4. The standard InChI is InChI=1S/C12H18IN4O13P3.3Na/c13-5-1-17(12-8(5)11(14)15-4-16-12)2-6-9(18)10(19)7(28-6)3-27-32(23,24)30-33(25,26)29-31(20,21)22;;;/h1,4,6-7,9-10,18-19H,2-3H2,(H,23,24)(H,25,26)(H2,14,15,16)(H2,20,21,22);;;/q;3*+1/p-3/t6-,7+,9+,10?;;;/m0.../s1. The van der Waals surface area contributed by atoms with Crippen LogP contribution < -0.4 is 109 Å². The Balaban J connectivity index is 0.00000408. The number of nitrogen functional groups attached to an aromatic ring is 1. The van der Waals surface area contributed by atoms with E-state index in [9.17, 15) is 38.6 Å². The third-order valence-corrected chi connectivity index (χ3v) is 8.78. The molecule has 0 amide bonds. The number of rotatable bonds is 9. The molecule has 0 saturated carbocycles. The van der Waals surface area contributed by atoms with Crippen molar-refractivity contribution in [1.82, 2.24) is 14.5 Å². The van der Waals surface area contributed by atoms with Crippen molar-refractivity contribution in [3.05, 3.63) is 16.1 Å². The van der Waals surface area contributed by atoms with Gasteiger partial charge in [-0.2, -0.15) is 0 Å². The van der Waals surface area contributed by atoms with E-state index < -0.39 is 54.5 Å². The van der Waals surface area contributed by atoms with Crippen molar-refractivity contribution in [1.29, 1.82) is 0 Å². The Kier molecular flexibility index (Phi) is 16.1. The Labute approximate surface area is 283 Å². The zero-order valence-electron chi connectivity index (χ0n) is 18.9. The second-order valence-corrected chi connectivity index (χ2v) is 12.1. The Morgan fingerprint density at radius 2 is 1.64 bits per heavy atom. The molecule has 0 bridgehead atoms. The Bertz CT molecular complexity index is 1190. The average molecular weight is 712 g/mol. The summed E-state index contributed by atoms with van der Waals surface area (Å²) in [5.41, 5.74) is 6.25. The second-order valence-electron chi connectivity index (χ2n) is 6.60. The van der Waals surface area contributed by atoms with Crippen molar-refractivity contribution in [2.45, 2.75) is 31.0 Å². The van der Waals surface area contributed by atoms with E-state index in [4.69, 9.17) is 15.4 Å². The number of nitrogens with two attached hydrogens (primary N) is 1. The molecule has 4 unspecified atom stereocenters. The number of ether oxygens (including phenoxy) is 1. The Hall–Kier alpha value is 2.44. The van der Waals surface area contributed by atoms with Gasteiger partial charge in [0.1, 0.15) is 42.2 Å². The van der Waals surface area contributed by atoms with Crippen LogP contribution in [-0.2, 0) is 38.1 Å². The van der Waals surface area contributed by atoms with Crippen molar-refractivity contribution in [3.8, 4) is 0 Å². The van der Waals surface area contributed by atoms with Crippen LogP contribution >= 0.6 is 46.1 Å². The summed E-state index contributed by atoms with van der Waals surface area (Å²) < 4.78 is 51.9. The van der Waals surface area contributed by atoms with Crippen molar-refractivity contribution < 1.29 is 150 Å². The zero-order chi connectivity index (χ0) is 24.8. The first-order chi connectivity index (χ1) is 15.1. The van der Waals surface area contributed by atoms with Crippen LogP contribution in [0.4, 0.5) is 5.82 Å². The van der Waals surface area contributed by atoms with Gasteiger partial charge in [0.05, 0.1) is 18.5 Å². The fourth-order valence-electron chi connectivity index (χ4n) is 3.00. The Morgan fingerprint density at radius 1 is 1.06 bits per heavy atom. The number of aliphatic hydroxyl groups is 2. The molecule has 186 valence electrons. The minimum Gasteiger partial charge on any atom is -0.756 e. The summed E-state index contributed by atoms with van der Waals surface area (Å²) in [6.07, 6.45) is -2.80. The van der Waals surface area contributed by atoms with E-state index in [1.165, 1.54) is 6.33 Å². The monoisotopic (exact) mass is 712 g/mol. The summed E-state index contributed by atoms with van der Waals surface area (Å²) in [5.74, 6) is 0.225. The molecule has 1 fully saturated rings. The summed E-state index contributed by atoms with van der Waals surface area (Å²) in [6, 6.07) is 0. The molecule has 2 aromatic heterocycles. The first-order valence-electron chi connectivity index (χ1n) is 8.58. The fraction of sp³-hybridized carbons (Fsp3) is 0.500. The van der Waals surface area contributed by atoms with Crippen molar-refractivity contribution >= 4 is 62.9 Å². The van der Waals surface area contributed by atoms with Crippen molar-refractivity contribution in [2.24, 2.45) is 0 Å². The van der Waals surface area contributed by atoms with Crippen molar-refractivity contribution in [3.63, 3.8) is 0 Å². The van der Waals surface area contributed by atoms with Gasteiger partial charge in [-0.1, -0.05) is 0 Å². The molecule has 0 spiro atoms. The number of aliphatic hydroxyl groups excluding tert-OH is 2. The minimum absolute atomic E-state index is 0. The molecule has 1 aliphatic heterocycles. The maximum atomic E-state index is 11.7. The van der Waals surface area contributed by atoms with Gasteiger partial charge in [0.2, 0.25) is 0 Å². The van der Waals surface area contributed by atoms with Crippen LogP contribution in [0.1, 0.15) is 0 Å². The normalized spacial score (nSPS) is 26.5. The SMILES string of the molecule is Nc1ncnc2c1c(I)cn2C[C@@H]1O[C@H](COP(=O)([O-])OP(=O)([O-])OP(=O)([O-])O)C(O)[C@@H]1O.[Na+].[Na+].[Na+]. The molecular weight excluding hydrogens is 697 g/mol. The molecule has 3 rings (SSSR count). The summed E-state index contributed by atoms with van der Waals surface area (Å²) in [5, 5.41) is 21.0. The maximum absolute atomic E-state index is 11.7. The number of fused-ring (bicyclic) bond motifs is 1. The number of nitrogens with zero attached hydrogens (tertiary/aromatic N) is 3. The molecule has 0 radical (unpaired) electrons. The third-order valence-electron chi connectivity index (χ3n) is 4.27. The number of hydrogen-bond donors (Lipinski definition) is 4. The van der Waals surface area contributed by atoms with Gasteiger partial charge < -0.3 is 49.3 Å². The first kappa shape index (κ1) is 38.4. The van der Waals surface area contributed by atoms with Gasteiger partial charge in [-0.25, -0.2) is 18.6 Å². The maximum Gasteiger partial charge on any atom is 1.00 e. The Morgan fingerprint density at radius 3 is 2.22 bits per heavy atom. The second kappa shape index (κ2) is 15.1. The fourth-order valence-corrected chi connectivity index (χ4v) is 6.75. The average Bonchev–Trinajstić information content (AvgIpc) is 3.09. The summed E-state index contributed by atoms with van der Waals surface area (Å²) in [6.45, 7) is -1.06. The van der Waals surface area contributed by atoms with Crippen LogP contribution in [0, 0.1) is 3.57 Å². The molecule has 5 N–H and O–H groups in total. The van der Waals surface area contributed by atoms with Gasteiger partial charge in [-0.05, 0) is 22.6 Å². The molecule has 1 saturated heterocycles. The van der Waals surface area contributed by atoms with Gasteiger partial charge >= 0.3 is 88.7 Å². The number of hydrogen-bond acceptors (Lipinski definition) is 15. The molecule has 7 atom stereocenters. The van der Waals surface area contributed by atoms with Gasteiger partial charge in [0.25, 0.3) is 23.5 Å². The zero-order valence-corrected chi connectivity index (χ0v) is 29.8. The molecule has 17 nitrogen and oxygen atoms in total. The van der Waals surface area contributed by atoms with E-state index in [-0.39, 0.29) is 101 Å². The minimum atomic E-state index is -6.06. The summed E-state index contributed by atoms with van der Waals surface area (Å²) in [4.78, 5) is 49.7. The summed E-state index contributed by atoms with van der Waals surface area (Å²) >= 11 is 2.00. The molecule has 3 heterocycles. The number of phosphoric ester groups is 1. The molecular formula is C12H15IN4Na3O13P3. The molecule has 1 aliphatic rings.